The fraction of sp³-hybridized carbons (Fsp3) is 0.0769. The standard InChI is InChI=1S/C13H8Cl2F3NO2/c14-7-5-9(19)12(6-8(7)15)20-10-3-1-2-4-11(10)21-13(16,17)18/h1-6H,19H2. The minimum absolute atomic E-state index is 0.0719. The molecule has 0 fully saturated rings. The maximum Gasteiger partial charge on any atom is 0.573 e. The predicted molar refractivity (Wildman–Crippen MR) is 74.1 cm³/mol. The van der Waals surface area contributed by atoms with Crippen molar-refractivity contribution < 1.29 is 22.6 Å². The molecule has 0 aliphatic carbocycles. The molecule has 2 aromatic carbocycles. The van der Waals surface area contributed by atoms with Crippen molar-refractivity contribution in [3.05, 3.63) is 46.4 Å². The van der Waals surface area contributed by atoms with Crippen LogP contribution in [-0.4, -0.2) is 6.36 Å². The topological polar surface area (TPSA) is 44.5 Å². The van der Waals surface area contributed by atoms with Crippen molar-refractivity contribution in [1.29, 1.82) is 0 Å². The SMILES string of the molecule is Nc1cc(Cl)c(Cl)cc1Oc1ccccc1OC(F)(F)F. The number of ether oxygens (including phenoxy) is 2. The Balaban J connectivity index is 2.34. The number of anilines is 1. The summed E-state index contributed by atoms with van der Waals surface area (Å²) in [6.07, 6.45) is -4.83. The van der Waals surface area contributed by atoms with Gasteiger partial charge in [-0.05, 0) is 18.2 Å². The zero-order valence-electron chi connectivity index (χ0n) is 10.2. The zero-order valence-corrected chi connectivity index (χ0v) is 11.8. The highest BCUT2D eigenvalue weighted by molar-refractivity contribution is 6.42. The lowest BCUT2D eigenvalue weighted by molar-refractivity contribution is -0.275. The predicted octanol–water partition coefficient (Wildman–Crippen LogP) is 5.27. The van der Waals surface area contributed by atoms with Crippen LogP contribution >= 0.6 is 23.2 Å². The van der Waals surface area contributed by atoms with Crippen LogP contribution in [0.25, 0.3) is 0 Å². The second-order valence-electron chi connectivity index (χ2n) is 3.90. The molecule has 0 aliphatic heterocycles. The molecule has 112 valence electrons. The third-order valence-corrected chi connectivity index (χ3v) is 3.07. The summed E-state index contributed by atoms with van der Waals surface area (Å²) in [5.74, 6) is -0.571. The van der Waals surface area contributed by atoms with E-state index in [9.17, 15) is 13.2 Å². The maximum atomic E-state index is 12.3. The van der Waals surface area contributed by atoms with Crippen LogP contribution < -0.4 is 15.2 Å². The van der Waals surface area contributed by atoms with E-state index in [1.165, 1.54) is 30.3 Å². The Morgan fingerprint density at radius 2 is 1.48 bits per heavy atom. The number of benzene rings is 2. The highest BCUT2D eigenvalue weighted by atomic mass is 35.5. The molecule has 0 saturated carbocycles. The molecule has 0 spiro atoms. The summed E-state index contributed by atoms with van der Waals surface area (Å²) in [5.41, 5.74) is 5.82. The largest absolute Gasteiger partial charge is 0.573 e. The van der Waals surface area contributed by atoms with Crippen molar-refractivity contribution in [1.82, 2.24) is 0 Å². The van der Waals surface area contributed by atoms with E-state index >= 15 is 0 Å². The van der Waals surface area contributed by atoms with Gasteiger partial charge < -0.3 is 15.2 Å². The summed E-state index contributed by atoms with van der Waals surface area (Å²) < 4.78 is 46.1. The molecule has 2 N–H and O–H groups in total. The summed E-state index contributed by atoms with van der Waals surface area (Å²) in [4.78, 5) is 0. The minimum Gasteiger partial charge on any atom is -0.451 e. The van der Waals surface area contributed by atoms with E-state index in [1.807, 2.05) is 0 Å². The van der Waals surface area contributed by atoms with E-state index in [0.717, 1.165) is 6.07 Å². The van der Waals surface area contributed by atoms with Crippen molar-refractivity contribution in [2.75, 3.05) is 5.73 Å². The molecule has 0 bridgehead atoms. The van der Waals surface area contributed by atoms with E-state index < -0.39 is 12.1 Å². The Labute approximate surface area is 128 Å². The molecule has 3 nitrogen and oxygen atoms in total. The van der Waals surface area contributed by atoms with Gasteiger partial charge in [0.2, 0.25) is 0 Å². The van der Waals surface area contributed by atoms with E-state index in [-0.39, 0.29) is 27.2 Å². The lowest BCUT2D eigenvalue weighted by atomic mass is 10.3. The Morgan fingerprint density at radius 3 is 2.10 bits per heavy atom. The quantitative estimate of drug-likeness (QED) is 0.776. The van der Waals surface area contributed by atoms with Gasteiger partial charge in [-0.1, -0.05) is 35.3 Å². The maximum absolute atomic E-state index is 12.3. The van der Waals surface area contributed by atoms with Crippen LogP contribution in [0.4, 0.5) is 18.9 Å². The smallest absolute Gasteiger partial charge is 0.451 e. The third kappa shape index (κ3) is 4.09. The molecule has 0 radical (unpaired) electrons. The van der Waals surface area contributed by atoms with Crippen LogP contribution in [0.1, 0.15) is 0 Å². The minimum atomic E-state index is -4.83. The van der Waals surface area contributed by atoms with Crippen LogP contribution in [-0.2, 0) is 0 Å². The number of alkyl halides is 3. The average Bonchev–Trinajstić information content (AvgIpc) is 2.36. The molecule has 2 aromatic rings. The van der Waals surface area contributed by atoms with E-state index in [2.05, 4.69) is 4.74 Å². The first-order valence-electron chi connectivity index (χ1n) is 5.53. The molecule has 0 saturated heterocycles. The summed E-state index contributed by atoms with van der Waals surface area (Å²) >= 11 is 11.6. The van der Waals surface area contributed by atoms with Crippen molar-refractivity contribution in [2.45, 2.75) is 6.36 Å². The molecule has 0 heterocycles. The van der Waals surface area contributed by atoms with Gasteiger partial charge in [0, 0.05) is 6.07 Å². The van der Waals surface area contributed by atoms with Crippen LogP contribution in [0, 0.1) is 0 Å². The Morgan fingerprint density at radius 1 is 0.905 bits per heavy atom. The molecule has 0 aromatic heterocycles. The van der Waals surface area contributed by atoms with Gasteiger partial charge >= 0.3 is 6.36 Å². The zero-order chi connectivity index (χ0) is 15.6. The molecule has 0 atom stereocenters. The molecule has 2 rings (SSSR count). The van der Waals surface area contributed by atoms with E-state index in [1.54, 1.807) is 0 Å². The summed E-state index contributed by atoms with van der Waals surface area (Å²) in [6, 6.07) is 7.95. The lowest BCUT2D eigenvalue weighted by Gasteiger charge is -2.15. The van der Waals surface area contributed by atoms with Gasteiger partial charge in [0.1, 0.15) is 0 Å². The summed E-state index contributed by atoms with van der Waals surface area (Å²) in [7, 11) is 0. The first-order chi connectivity index (χ1) is 9.76. The summed E-state index contributed by atoms with van der Waals surface area (Å²) in [5, 5.41) is 0.372. The van der Waals surface area contributed by atoms with E-state index in [0.29, 0.717) is 0 Å². The highest BCUT2D eigenvalue weighted by Crippen LogP contribution is 2.39. The van der Waals surface area contributed by atoms with Crippen molar-refractivity contribution in [2.24, 2.45) is 0 Å². The van der Waals surface area contributed by atoms with Crippen molar-refractivity contribution in [3.63, 3.8) is 0 Å². The fourth-order valence-electron chi connectivity index (χ4n) is 1.49. The van der Waals surface area contributed by atoms with Gasteiger partial charge in [-0.3, -0.25) is 0 Å². The van der Waals surface area contributed by atoms with Crippen molar-refractivity contribution >= 4 is 28.9 Å². The van der Waals surface area contributed by atoms with Crippen LogP contribution in [0.15, 0.2) is 36.4 Å². The number of nitrogens with two attached hydrogens (primary N) is 1. The third-order valence-electron chi connectivity index (χ3n) is 2.35. The molecule has 0 aliphatic rings. The number of rotatable bonds is 3. The second kappa shape index (κ2) is 5.91. The van der Waals surface area contributed by atoms with Crippen LogP contribution in [0.3, 0.4) is 0 Å². The van der Waals surface area contributed by atoms with E-state index in [4.69, 9.17) is 33.7 Å². The molecular weight excluding hydrogens is 330 g/mol. The Hall–Kier alpha value is -1.79. The molecular formula is C13H8Cl2F3NO2. The second-order valence-corrected chi connectivity index (χ2v) is 4.72. The van der Waals surface area contributed by atoms with Gasteiger partial charge in [0.05, 0.1) is 15.7 Å². The number of halogens is 5. The van der Waals surface area contributed by atoms with Gasteiger partial charge in [-0.25, -0.2) is 0 Å². The average molecular weight is 338 g/mol. The first-order valence-corrected chi connectivity index (χ1v) is 6.29. The summed E-state index contributed by atoms with van der Waals surface area (Å²) in [6.45, 7) is 0. The van der Waals surface area contributed by atoms with Gasteiger partial charge in [-0.2, -0.15) is 0 Å². The van der Waals surface area contributed by atoms with Gasteiger partial charge in [0.25, 0.3) is 0 Å². The normalized spacial score (nSPS) is 11.3. The van der Waals surface area contributed by atoms with Gasteiger partial charge in [0.15, 0.2) is 17.2 Å². The number of nitrogen functional groups attached to an aromatic ring is 1. The number of hydrogen-bond donors (Lipinski definition) is 1. The number of para-hydroxylation sites is 2. The van der Waals surface area contributed by atoms with Crippen LogP contribution in [0.5, 0.6) is 17.2 Å². The first kappa shape index (κ1) is 15.6. The Bertz CT molecular complexity index is 662. The van der Waals surface area contributed by atoms with Crippen LogP contribution in [0.2, 0.25) is 10.0 Å². The van der Waals surface area contributed by atoms with Crippen molar-refractivity contribution in [3.8, 4) is 17.2 Å². The molecule has 8 heteroatoms. The molecule has 0 unspecified atom stereocenters. The fourth-order valence-corrected chi connectivity index (χ4v) is 1.82. The molecule has 21 heavy (non-hydrogen) atoms. The lowest BCUT2D eigenvalue weighted by Crippen LogP contribution is -2.17. The molecule has 0 amide bonds. The monoisotopic (exact) mass is 337 g/mol. The van der Waals surface area contributed by atoms with Gasteiger partial charge in [-0.15, -0.1) is 13.2 Å². The highest BCUT2D eigenvalue weighted by Gasteiger charge is 2.32. The number of hydrogen-bond acceptors (Lipinski definition) is 3. The Kier molecular flexibility index (Phi) is 4.39.